The SMILES string of the molecule is NC1CN(C(=O)NS(=O)(=O)NC(=O)N2CCN(c3ccc(O)c(O)c3)C2=O)C1=O. The van der Waals surface area contributed by atoms with Gasteiger partial charge in [-0.05, 0) is 12.1 Å². The van der Waals surface area contributed by atoms with Crippen molar-refractivity contribution in [2.75, 3.05) is 24.5 Å². The van der Waals surface area contributed by atoms with E-state index in [1.54, 1.807) is 0 Å². The van der Waals surface area contributed by atoms with Crippen LogP contribution in [0.15, 0.2) is 18.2 Å². The Hall–Kier alpha value is -3.59. The number of imide groups is 2. The van der Waals surface area contributed by atoms with E-state index in [1.165, 1.54) is 15.5 Å². The first-order valence-corrected chi connectivity index (χ1v) is 9.55. The van der Waals surface area contributed by atoms with Gasteiger partial charge in [-0.3, -0.25) is 14.6 Å². The number of phenolic OH excluding ortho intramolecular Hbond substituents is 2. The number of benzene rings is 1. The van der Waals surface area contributed by atoms with Crippen molar-refractivity contribution < 1.29 is 37.8 Å². The van der Waals surface area contributed by atoms with Crippen LogP contribution in [0.5, 0.6) is 11.5 Å². The van der Waals surface area contributed by atoms with Crippen LogP contribution < -0.4 is 20.1 Å². The summed E-state index contributed by atoms with van der Waals surface area (Å²) in [4.78, 5) is 49.8. The van der Waals surface area contributed by atoms with Crippen LogP contribution in [0.3, 0.4) is 0 Å². The molecule has 2 heterocycles. The molecule has 0 radical (unpaired) electrons. The van der Waals surface area contributed by atoms with Crippen molar-refractivity contribution in [3.63, 3.8) is 0 Å². The second-order valence-corrected chi connectivity index (χ2v) is 7.55. The van der Waals surface area contributed by atoms with Crippen LogP contribution in [0.1, 0.15) is 0 Å². The summed E-state index contributed by atoms with van der Waals surface area (Å²) in [5, 5.41) is 18.9. The molecular formula is C14H16N6O8S. The van der Waals surface area contributed by atoms with Gasteiger partial charge in [-0.25, -0.2) is 28.7 Å². The number of carbonyl (C=O) groups is 4. The molecule has 2 aliphatic rings. The third kappa shape index (κ3) is 3.85. The lowest BCUT2D eigenvalue weighted by molar-refractivity contribution is -0.137. The predicted molar refractivity (Wildman–Crippen MR) is 94.9 cm³/mol. The summed E-state index contributed by atoms with van der Waals surface area (Å²) in [7, 11) is -4.72. The third-order valence-corrected chi connectivity index (χ3v) is 5.06. The zero-order valence-corrected chi connectivity index (χ0v) is 15.4. The molecule has 2 aliphatic heterocycles. The Morgan fingerprint density at radius 2 is 1.66 bits per heavy atom. The molecule has 2 fully saturated rings. The number of amides is 7. The highest BCUT2D eigenvalue weighted by molar-refractivity contribution is 7.88. The molecule has 3 rings (SSSR count). The molecule has 1 unspecified atom stereocenters. The van der Waals surface area contributed by atoms with Crippen molar-refractivity contribution in [2.45, 2.75) is 6.04 Å². The zero-order chi connectivity index (χ0) is 21.5. The van der Waals surface area contributed by atoms with Crippen LogP contribution >= 0.6 is 0 Å². The monoisotopic (exact) mass is 428 g/mol. The average molecular weight is 428 g/mol. The van der Waals surface area contributed by atoms with Crippen molar-refractivity contribution in [1.82, 2.24) is 19.2 Å². The van der Waals surface area contributed by atoms with E-state index < -0.39 is 51.8 Å². The number of likely N-dealkylation sites (tertiary alicyclic amines) is 1. The van der Waals surface area contributed by atoms with Crippen molar-refractivity contribution in [2.24, 2.45) is 5.73 Å². The minimum Gasteiger partial charge on any atom is -0.504 e. The minimum absolute atomic E-state index is 0.0109. The average Bonchev–Trinajstić information content (AvgIpc) is 3.02. The molecule has 6 N–H and O–H groups in total. The summed E-state index contributed by atoms with van der Waals surface area (Å²) in [5.41, 5.74) is 5.47. The Labute approximate surface area is 163 Å². The molecule has 14 nitrogen and oxygen atoms in total. The molecule has 0 bridgehead atoms. The molecule has 0 aliphatic carbocycles. The van der Waals surface area contributed by atoms with Crippen molar-refractivity contribution in [3.8, 4) is 11.5 Å². The maximum Gasteiger partial charge on any atom is 0.340 e. The van der Waals surface area contributed by atoms with E-state index in [9.17, 15) is 37.8 Å². The number of hydrogen-bond donors (Lipinski definition) is 5. The van der Waals surface area contributed by atoms with E-state index >= 15 is 0 Å². The molecule has 1 aromatic rings. The van der Waals surface area contributed by atoms with Crippen LogP contribution in [0, 0.1) is 0 Å². The van der Waals surface area contributed by atoms with Gasteiger partial charge in [-0.15, -0.1) is 0 Å². The van der Waals surface area contributed by atoms with E-state index in [4.69, 9.17) is 5.73 Å². The van der Waals surface area contributed by atoms with Gasteiger partial charge in [0.2, 0.25) is 5.91 Å². The van der Waals surface area contributed by atoms with E-state index in [1.807, 2.05) is 0 Å². The number of rotatable bonds is 3. The molecule has 0 aromatic heterocycles. The number of carbonyl (C=O) groups excluding carboxylic acids is 4. The van der Waals surface area contributed by atoms with Crippen LogP contribution in [0.25, 0.3) is 0 Å². The highest BCUT2D eigenvalue weighted by Gasteiger charge is 2.40. The summed E-state index contributed by atoms with van der Waals surface area (Å²) >= 11 is 0. The highest BCUT2D eigenvalue weighted by Crippen LogP contribution is 2.31. The second kappa shape index (κ2) is 7.10. The van der Waals surface area contributed by atoms with Crippen LogP contribution in [0.2, 0.25) is 0 Å². The second-order valence-electron chi connectivity index (χ2n) is 6.13. The van der Waals surface area contributed by atoms with Crippen LogP contribution in [0.4, 0.5) is 20.1 Å². The maximum atomic E-state index is 12.4. The van der Waals surface area contributed by atoms with E-state index in [-0.39, 0.29) is 25.3 Å². The Morgan fingerprint density at radius 3 is 2.21 bits per heavy atom. The summed E-state index contributed by atoms with van der Waals surface area (Å²) in [6.07, 6.45) is 0. The van der Waals surface area contributed by atoms with Gasteiger partial charge in [0.1, 0.15) is 6.04 Å². The minimum atomic E-state index is -4.72. The molecule has 29 heavy (non-hydrogen) atoms. The highest BCUT2D eigenvalue weighted by atomic mass is 32.2. The smallest absolute Gasteiger partial charge is 0.340 e. The first-order valence-electron chi connectivity index (χ1n) is 8.06. The number of aromatic hydroxyl groups is 2. The van der Waals surface area contributed by atoms with Crippen molar-refractivity contribution in [1.29, 1.82) is 0 Å². The number of nitrogens with one attached hydrogen (secondary N) is 2. The fraction of sp³-hybridized carbons (Fsp3) is 0.286. The molecule has 2 saturated heterocycles. The molecule has 7 amide bonds. The lowest BCUT2D eigenvalue weighted by Gasteiger charge is -2.33. The predicted octanol–water partition coefficient (Wildman–Crippen LogP) is -1.83. The van der Waals surface area contributed by atoms with Gasteiger partial charge >= 0.3 is 28.3 Å². The van der Waals surface area contributed by atoms with E-state index in [2.05, 4.69) is 0 Å². The number of nitrogens with two attached hydrogens (primary N) is 1. The third-order valence-electron chi connectivity index (χ3n) is 4.18. The molecule has 1 atom stereocenters. The quantitative estimate of drug-likeness (QED) is 0.271. The summed E-state index contributed by atoms with van der Waals surface area (Å²) in [6.45, 7) is -0.370. The Bertz CT molecular complexity index is 1010. The topological polar surface area (TPSA) is 203 Å². The number of urea groups is 3. The Kier molecular flexibility index (Phi) is 4.93. The van der Waals surface area contributed by atoms with Crippen molar-refractivity contribution >= 4 is 39.9 Å². The largest absolute Gasteiger partial charge is 0.504 e. The van der Waals surface area contributed by atoms with Gasteiger partial charge in [0.15, 0.2) is 11.5 Å². The molecule has 156 valence electrons. The standard InChI is InChI=1S/C14H16N6O8S/c15-8-6-20(11(8)23)13(25)17-29(27,28)16-12(24)19-4-3-18(14(19)26)7-1-2-9(21)10(22)5-7/h1-2,5,8,21-22H,3-4,6,15H2,(H,16,24)(H,17,25). The first kappa shape index (κ1) is 20.2. The Morgan fingerprint density at radius 1 is 1.03 bits per heavy atom. The molecule has 1 aromatic carbocycles. The number of phenols is 2. The lowest BCUT2D eigenvalue weighted by atomic mass is 10.1. The summed E-state index contributed by atoms with van der Waals surface area (Å²) in [5.74, 6) is -1.66. The van der Waals surface area contributed by atoms with Crippen LogP contribution in [-0.4, -0.2) is 78.1 Å². The molecule has 0 saturated carbocycles. The Balaban J connectivity index is 1.63. The fourth-order valence-corrected chi connectivity index (χ4v) is 3.38. The van der Waals surface area contributed by atoms with E-state index in [0.717, 1.165) is 17.0 Å². The fourth-order valence-electron chi connectivity index (χ4n) is 2.65. The number of anilines is 1. The van der Waals surface area contributed by atoms with E-state index in [0.29, 0.717) is 9.80 Å². The van der Waals surface area contributed by atoms with Gasteiger partial charge < -0.3 is 15.9 Å². The zero-order valence-electron chi connectivity index (χ0n) is 14.6. The maximum absolute atomic E-state index is 12.4. The van der Waals surface area contributed by atoms with Gasteiger partial charge in [-0.1, -0.05) is 0 Å². The summed E-state index contributed by atoms with van der Waals surface area (Å²) in [6, 6.07) is -0.841. The van der Waals surface area contributed by atoms with Gasteiger partial charge in [0.25, 0.3) is 0 Å². The first-order chi connectivity index (χ1) is 13.5. The number of nitrogens with zero attached hydrogens (tertiary/aromatic N) is 3. The van der Waals surface area contributed by atoms with Gasteiger partial charge in [-0.2, -0.15) is 8.42 Å². The van der Waals surface area contributed by atoms with Gasteiger partial charge in [0, 0.05) is 18.3 Å². The number of β-lactam (4-membered cyclic amide) rings is 1. The molecule has 15 heteroatoms. The lowest BCUT2D eigenvalue weighted by Crippen LogP contribution is -2.66. The van der Waals surface area contributed by atoms with Crippen molar-refractivity contribution in [3.05, 3.63) is 18.2 Å². The molecule has 0 spiro atoms. The number of hydrogen-bond acceptors (Lipinski definition) is 9. The summed E-state index contributed by atoms with van der Waals surface area (Å²) < 4.78 is 26.8. The normalized spacial score (nSPS) is 19.2. The van der Waals surface area contributed by atoms with Gasteiger partial charge in [0.05, 0.1) is 13.1 Å². The van der Waals surface area contributed by atoms with Crippen LogP contribution in [-0.2, 0) is 15.0 Å². The molecular weight excluding hydrogens is 412 g/mol.